The lowest BCUT2D eigenvalue weighted by atomic mass is 10.2. The summed E-state index contributed by atoms with van der Waals surface area (Å²) in [4.78, 5) is 17.2. The van der Waals surface area contributed by atoms with Gasteiger partial charge in [-0.25, -0.2) is 9.78 Å². The van der Waals surface area contributed by atoms with Crippen molar-refractivity contribution in [2.24, 2.45) is 0 Å². The molecule has 9 heteroatoms. The van der Waals surface area contributed by atoms with E-state index in [1.165, 1.54) is 7.11 Å². The number of ether oxygens (including phenoxy) is 2. The van der Waals surface area contributed by atoms with Gasteiger partial charge in [0, 0.05) is 13.7 Å². The molecule has 0 aromatic carbocycles. The molecule has 2 rings (SSSR count). The average Bonchev–Trinajstić information content (AvgIpc) is 3.04. The summed E-state index contributed by atoms with van der Waals surface area (Å²) in [5.41, 5.74) is -0.262. The van der Waals surface area contributed by atoms with E-state index in [2.05, 4.69) is 4.98 Å². The number of carbonyl (C=O) groups excluding carboxylic acids is 1. The zero-order valence-corrected chi connectivity index (χ0v) is 13.1. The van der Waals surface area contributed by atoms with Crippen LogP contribution in [0.2, 0.25) is 0 Å². The number of carbonyl (C=O) groups is 1. The molecule has 0 saturated carbocycles. The van der Waals surface area contributed by atoms with Crippen LogP contribution in [0.15, 0.2) is 0 Å². The molecular weight excluding hydrogens is 321 g/mol. The van der Waals surface area contributed by atoms with E-state index in [-0.39, 0.29) is 23.3 Å². The standard InChI is InChI=1S/C13H17F3N2O3S/c1-3-21-11(19)9-10(22-12(17-9)13(14,15)16)18-6-4-5-8(18)7-20-2/h8H,3-7H2,1-2H3/t8-/m1/s1. The number of thiazole rings is 1. The summed E-state index contributed by atoms with van der Waals surface area (Å²) in [6, 6.07) is -0.0558. The number of alkyl halides is 3. The second kappa shape index (κ2) is 6.82. The summed E-state index contributed by atoms with van der Waals surface area (Å²) < 4.78 is 48.7. The number of anilines is 1. The molecule has 0 radical (unpaired) electrons. The maximum atomic E-state index is 12.9. The summed E-state index contributed by atoms with van der Waals surface area (Å²) in [5.74, 6) is -0.827. The van der Waals surface area contributed by atoms with Gasteiger partial charge >= 0.3 is 12.1 Å². The quantitative estimate of drug-likeness (QED) is 0.773. The summed E-state index contributed by atoms with van der Waals surface area (Å²) in [5, 5.41) is -0.820. The van der Waals surface area contributed by atoms with Crippen LogP contribution in [0.25, 0.3) is 0 Å². The predicted octanol–water partition coefficient (Wildman–Crippen LogP) is 2.95. The second-order valence-electron chi connectivity index (χ2n) is 4.84. The van der Waals surface area contributed by atoms with E-state index in [9.17, 15) is 18.0 Å². The van der Waals surface area contributed by atoms with E-state index >= 15 is 0 Å². The van der Waals surface area contributed by atoms with Gasteiger partial charge in [0.1, 0.15) is 5.00 Å². The van der Waals surface area contributed by atoms with Gasteiger partial charge in [0.2, 0.25) is 5.01 Å². The Balaban J connectivity index is 2.39. The van der Waals surface area contributed by atoms with Crippen molar-refractivity contribution in [2.45, 2.75) is 32.0 Å². The smallest absolute Gasteiger partial charge is 0.443 e. The summed E-state index contributed by atoms with van der Waals surface area (Å²) in [6.07, 6.45) is -2.95. The predicted molar refractivity (Wildman–Crippen MR) is 75.3 cm³/mol. The van der Waals surface area contributed by atoms with Crippen molar-refractivity contribution >= 4 is 22.3 Å². The van der Waals surface area contributed by atoms with Gasteiger partial charge in [0.25, 0.3) is 0 Å². The molecule has 1 aliphatic heterocycles. The first kappa shape index (κ1) is 17.0. The highest BCUT2D eigenvalue weighted by atomic mass is 32.1. The first-order chi connectivity index (χ1) is 10.4. The molecule has 2 heterocycles. The Bertz CT molecular complexity index is 533. The lowest BCUT2D eigenvalue weighted by Crippen LogP contribution is -2.33. The molecule has 0 N–H and O–H groups in total. The number of halogens is 3. The zero-order valence-electron chi connectivity index (χ0n) is 12.3. The van der Waals surface area contributed by atoms with E-state index < -0.39 is 17.2 Å². The maximum absolute atomic E-state index is 12.9. The van der Waals surface area contributed by atoms with Gasteiger partial charge in [-0.2, -0.15) is 13.2 Å². The van der Waals surface area contributed by atoms with Gasteiger partial charge in [-0.3, -0.25) is 0 Å². The van der Waals surface area contributed by atoms with E-state index in [1.54, 1.807) is 11.8 Å². The normalized spacial score (nSPS) is 18.8. The van der Waals surface area contributed by atoms with Crippen molar-refractivity contribution in [1.82, 2.24) is 4.98 Å². The van der Waals surface area contributed by atoms with Crippen LogP contribution in [0.5, 0.6) is 0 Å². The van der Waals surface area contributed by atoms with E-state index in [0.717, 1.165) is 12.8 Å². The van der Waals surface area contributed by atoms with Crippen molar-refractivity contribution in [1.29, 1.82) is 0 Å². The topological polar surface area (TPSA) is 51.7 Å². The molecule has 1 saturated heterocycles. The molecule has 1 aliphatic rings. The first-order valence-electron chi connectivity index (χ1n) is 6.89. The SMILES string of the molecule is CCOC(=O)c1nc(C(F)(F)F)sc1N1CCC[C@@H]1COC. The van der Waals surface area contributed by atoms with E-state index in [4.69, 9.17) is 9.47 Å². The molecule has 0 spiro atoms. The molecule has 0 bridgehead atoms. The number of methoxy groups -OCH3 is 1. The highest BCUT2D eigenvalue weighted by Gasteiger charge is 2.40. The fourth-order valence-corrected chi connectivity index (χ4v) is 3.45. The molecule has 1 aromatic rings. The molecule has 0 unspecified atom stereocenters. The van der Waals surface area contributed by atoms with Crippen molar-refractivity contribution < 1.29 is 27.4 Å². The van der Waals surface area contributed by atoms with Crippen LogP contribution in [0.4, 0.5) is 18.2 Å². The Morgan fingerprint density at radius 1 is 1.50 bits per heavy atom. The minimum absolute atomic E-state index is 0.0558. The zero-order chi connectivity index (χ0) is 16.3. The molecule has 1 aromatic heterocycles. The lowest BCUT2D eigenvalue weighted by molar-refractivity contribution is -0.137. The van der Waals surface area contributed by atoms with Crippen molar-refractivity contribution in [3.8, 4) is 0 Å². The van der Waals surface area contributed by atoms with Gasteiger partial charge < -0.3 is 14.4 Å². The molecule has 124 valence electrons. The van der Waals surface area contributed by atoms with Crippen LogP contribution in [-0.2, 0) is 15.7 Å². The highest BCUT2D eigenvalue weighted by Crippen LogP contribution is 2.41. The van der Waals surface area contributed by atoms with Crippen LogP contribution in [0.1, 0.15) is 35.3 Å². The van der Waals surface area contributed by atoms with E-state index in [1.807, 2.05) is 0 Å². The Morgan fingerprint density at radius 2 is 2.23 bits per heavy atom. The lowest BCUT2D eigenvalue weighted by Gasteiger charge is -2.24. The minimum atomic E-state index is -4.58. The van der Waals surface area contributed by atoms with E-state index in [0.29, 0.717) is 24.5 Å². The van der Waals surface area contributed by atoms with Gasteiger partial charge in [-0.1, -0.05) is 11.3 Å². The average molecular weight is 338 g/mol. The monoisotopic (exact) mass is 338 g/mol. The molecular formula is C13H17F3N2O3S. The molecule has 1 fully saturated rings. The summed E-state index contributed by atoms with van der Waals surface area (Å²) in [6.45, 7) is 2.64. The molecule has 22 heavy (non-hydrogen) atoms. The first-order valence-corrected chi connectivity index (χ1v) is 7.70. The Morgan fingerprint density at radius 3 is 2.82 bits per heavy atom. The number of hydrogen-bond donors (Lipinski definition) is 0. The van der Waals surface area contributed by atoms with Crippen LogP contribution in [0.3, 0.4) is 0 Å². The van der Waals surface area contributed by atoms with Gasteiger partial charge in [-0.15, -0.1) is 0 Å². The Kier molecular flexibility index (Phi) is 5.28. The van der Waals surface area contributed by atoms with Crippen LogP contribution in [0, 0.1) is 0 Å². The van der Waals surface area contributed by atoms with Gasteiger partial charge in [-0.05, 0) is 19.8 Å². The highest BCUT2D eigenvalue weighted by molar-refractivity contribution is 7.16. The fraction of sp³-hybridized carbons (Fsp3) is 0.692. The Hall–Kier alpha value is -1.35. The van der Waals surface area contributed by atoms with Crippen molar-refractivity contribution in [3.63, 3.8) is 0 Å². The molecule has 5 nitrogen and oxygen atoms in total. The van der Waals surface area contributed by atoms with Gasteiger partial charge in [0.05, 0.1) is 19.3 Å². The number of rotatable bonds is 5. The number of aromatic nitrogens is 1. The van der Waals surface area contributed by atoms with Gasteiger partial charge in [0.15, 0.2) is 5.69 Å². The van der Waals surface area contributed by atoms with Crippen LogP contribution in [-0.4, -0.2) is 43.9 Å². The third kappa shape index (κ3) is 3.52. The number of hydrogen-bond acceptors (Lipinski definition) is 6. The van der Waals surface area contributed by atoms with Crippen LogP contribution < -0.4 is 4.90 Å². The molecule has 0 aliphatic carbocycles. The minimum Gasteiger partial charge on any atom is -0.461 e. The summed E-state index contributed by atoms with van der Waals surface area (Å²) >= 11 is 0.481. The fourth-order valence-electron chi connectivity index (χ4n) is 2.43. The molecule has 1 atom stereocenters. The van der Waals surface area contributed by atoms with Crippen molar-refractivity contribution in [3.05, 3.63) is 10.7 Å². The number of esters is 1. The maximum Gasteiger partial charge on any atom is 0.443 e. The third-order valence-corrected chi connectivity index (χ3v) is 4.45. The Labute approximate surface area is 130 Å². The number of nitrogens with zero attached hydrogens (tertiary/aromatic N) is 2. The van der Waals surface area contributed by atoms with Crippen molar-refractivity contribution in [2.75, 3.05) is 31.8 Å². The van der Waals surface area contributed by atoms with Crippen LogP contribution >= 0.6 is 11.3 Å². The third-order valence-electron chi connectivity index (χ3n) is 3.32. The molecule has 0 amide bonds. The largest absolute Gasteiger partial charge is 0.461 e. The summed E-state index contributed by atoms with van der Waals surface area (Å²) in [7, 11) is 1.54. The second-order valence-corrected chi connectivity index (χ2v) is 5.81.